The minimum absolute atomic E-state index is 0.0450. The van der Waals surface area contributed by atoms with Gasteiger partial charge in [0.25, 0.3) is 0 Å². The monoisotopic (exact) mass is 291 g/mol. The lowest BCUT2D eigenvalue weighted by atomic mass is 10.1. The lowest BCUT2D eigenvalue weighted by Crippen LogP contribution is -2.51. The SMILES string of the molecule is CC(C)NC(=O)C(C)NC(=O)C(N)CCc1ccccc1. The van der Waals surface area contributed by atoms with E-state index >= 15 is 0 Å². The normalized spacial score (nSPS) is 13.6. The standard InChI is InChI=1S/C16H25N3O2/c1-11(2)18-15(20)12(3)19-16(21)14(17)10-9-13-7-5-4-6-8-13/h4-8,11-12,14H,9-10,17H2,1-3H3,(H,18,20)(H,19,21). The maximum atomic E-state index is 11.9. The summed E-state index contributed by atoms with van der Waals surface area (Å²) in [6.45, 7) is 5.40. The van der Waals surface area contributed by atoms with Crippen molar-refractivity contribution < 1.29 is 9.59 Å². The molecule has 0 aromatic heterocycles. The van der Waals surface area contributed by atoms with Gasteiger partial charge in [0.1, 0.15) is 6.04 Å². The van der Waals surface area contributed by atoms with Crippen LogP contribution in [0.15, 0.2) is 30.3 Å². The third-order valence-corrected chi connectivity index (χ3v) is 3.11. The van der Waals surface area contributed by atoms with E-state index in [-0.39, 0.29) is 17.9 Å². The Morgan fingerprint density at radius 1 is 1.05 bits per heavy atom. The van der Waals surface area contributed by atoms with Gasteiger partial charge in [-0.1, -0.05) is 30.3 Å². The van der Waals surface area contributed by atoms with Gasteiger partial charge in [0.15, 0.2) is 0 Å². The molecule has 2 atom stereocenters. The molecule has 2 unspecified atom stereocenters. The molecule has 0 fully saturated rings. The first-order chi connectivity index (χ1) is 9.90. The highest BCUT2D eigenvalue weighted by molar-refractivity contribution is 5.89. The van der Waals surface area contributed by atoms with Gasteiger partial charge in [-0.15, -0.1) is 0 Å². The molecule has 0 radical (unpaired) electrons. The van der Waals surface area contributed by atoms with Gasteiger partial charge in [-0.3, -0.25) is 9.59 Å². The maximum Gasteiger partial charge on any atom is 0.242 e. The molecular weight excluding hydrogens is 266 g/mol. The molecule has 116 valence electrons. The zero-order valence-electron chi connectivity index (χ0n) is 12.9. The Bertz CT molecular complexity index is 460. The molecule has 0 saturated heterocycles. The third-order valence-electron chi connectivity index (χ3n) is 3.11. The van der Waals surface area contributed by atoms with Gasteiger partial charge in [-0.2, -0.15) is 0 Å². The largest absolute Gasteiger partial charge is 0.352 e. The van der Waals surface area contributed by atoms with Crippen LogP contribution in [0.1, 0.15) is 32.8 Å². The van der Waals surface area contributed by atoms with Crippen molar-refractivity contribution in [2.45, 2.75) is 51.7 Å². The van der Waals surface area contributed by atoms with Gasteiger partial charge >= 0.3 is 0 Å². The van der Waals surface area contributed by atoms with Gasteiger partial charge in [0.05, 0.1) is 6.04 Å². The quantitative estimate of drug-likeness (QED) is 0.700. The summed E-state index contributed by atoms with van der Waals surface area (Å²) in [6, 6.07) is 8.72. The molecule has 0 aliphatic heterocycles. The lowest BCUT2D eigenvalue weighted by Gasteiger charge is -2.18. The molecule has 4 N–H and O–H groups in total. The molecule has 0 aliphatic rings. The number of carbonyl (C=O) groups excluding carboxylic acids is 2. The molecule has 0 saturated carbocycles. The summed E-state index contributed by atoms with van der Waals surface area (Å²) >= 11 is 0. The molecule has 0 heterocycles. The van der Waals surface area contributed by atoms with Crippen molar-refractivity contribution in [1.29, 1.82) is 0 Å². The Hall–Kier alpha value is -1.88. The zero-order valence-corrected chi connectivity index (χ0v) is 12.9. The van der Waals surface area contributed by atoms with Crippen LogP contribution in [0.5, 0.6) is 0 Å². The number of hydrogen-bond donors (Lipinski definition) is 3. The van der Waals surface area contributed by atoms with Crippen LogP contribution in [0.25, 0.3) is 0 Å². The summed E-state index contributed by atoms with van der Waals surface area (Å²) in [5, 5.41) is 5.40. The number of amides is 2. The predicted molar refractivity (Wildman–Crippen MR) is 83.6 cm³/mol. The number of nitrogens with two attached hydrogens (primary N) is 1. The first kappa shape index (κ1) is 17.2. The fourth-order valence-corrected chi connectivity index (χ4v) is 1.89. The highest BCUT2D eigenvalue weighted by atomic mass is 16.2. The van der Waals surface area contributed by atoms with Crippen molar-refractivity contribution in [2.24, 2.45) is 5.73 Å². The van der Waals surface area contributed by atoms with E-state index in [0.717, 1.165) is 12.0 Å². The van der Waals surface area contributed by atoms with E-state index in [9.17, 15) is 9.59 Å². The number of aryl methyl sites for hydroxylation is 1. The van der Waals surface area contributed by atoms with Gasteiger partial charge in [-0.05, 0) is 39.2 Å². The van der Waals surface area contributed by atoms with E-state index in [1.54, 1.807) is 6.92 Å². The summed E-state index contributed by atoms with van der Waals surface area (Å²) in [6.07, 6.45) is 1.29. The van der Waals surface area contributed by atoms with Crippen LogP contribution in [0.2, 0.25) is 0 Å². The number of carbonyl (C=O) groups is 2. The predicted octanol–water partition coefficient (Wildman–Crippen LogP) is 0.976. The Balaban J connectivity index is 2.38. The summed E-state index contributed by atoms with van der Waals surface area (Å²) < 4.78 is 0. The average molecular weight is 291 g/mol. The van der Waals surface area contributed by atoms with Crippen molar-refractivity contribution in [2.75, 3.05) is 0 Å². The smallest absolute Gasteiger partial charge is 0.242 e. The van der Waals surface area contributed by atoms with Crippen molar-refractivity contribution in [3.8, 4) is 0 Å². The van der Waals surface area contributed by atoms with E-state index in [1.807, 2.05) is 44.2 Å². The van der Waals surface area contributed by atoms with E-state index in [0.29, 0.717) is 6.42 Å². The Morgan fingerprint density at radius 2 is 1.67 bits per heavy atom. The summed E-state index contributed by atoms with van der Waals surface area (Å²) in [5.74, 6) is -0.494. The number of benzene rings is 1. The second kappa shape index (κ2) is 8.42. The van der Waals surface area contributed by atoms with Crippen LogP contribution in [0.4, 0.5) is 0 Å². The van der Waals surface area contributed by atoms with E-state index in [4.69, 9.17) is 5.73 Å². The van der Waals surface area contributed by atoms with Crippen LogP contribution in [0, 0.1) is 0 Å². The second-order valence-corrected chi connectivity index (χ2v) is 5.52. The molecule has 0 spiro atoms. The molecular formula is C16H25N3O2. The van der Waals surface area contributed by atoms with E-state index in [1.165, 1.54) is 0 Å². The Morgan fingerprint density at radius 3 is 2.24 bits per heavy atom. The molecule has 0 bridgehead atoms. The second-order valence-electron chi connectivity index (χ2n) is 5.52. The van der Waals surface area contributed by atoms with Gasteiger partial charge in [0, 0.05) is 6.04 Å². The first-order valence-electron chi connectivity index (χ1n) is 7.30. The van der Waals surface area contributed by atoms with Crippen LogP contribution in [-0.2, 0) is 16.0 Å². The van der Waals surface area contributed by atoms with Crippen LogP contribution < -0.4 is 16.4 Å². The summed E-state index contributed by atoms with van der Waals surface area (Å²) in [7, 11) is 0. The lowest BCUT2D eigenvalue weighted by molar-refractivity contribution is -0.129. The Labute approximate surface area is 126 Å². The zero-order chi connectivity index (χ0) is 15.8. The minimum Gasteiger partial charge on any atom is -0.352 e. The number of hydrogen-bond acceptors (Lipinski definition) is 3. The van der Waals surface area contributed by atoms with Crippen molar-refractivity contribution in [1.82, 2.24) is 10.6 Å². The topological polar surface area (TPSA) is 84.2 Å². The summed E-state index contributed by atoms with van der Waals surface area (Å²) in [4.78, 5) is 23.7. The highest BCUT2D eigenvalue weighted by Gasteiger charge is 2.20. The van der Waals surface area contributed by atoms with Crippen LogP contribution in [-0.4, -0.2) is 29.9 Å². The van der Waals surface area contributed by atoms with E-state index < -0.39 is 12.1 Å². The molecule has 1 aromatic rings. The van der Waals surface area contributed by atoms with Crippen molar-refractivity contribution in [3.05, 3.63) is 35.9 Å². The fourth-order valence-electron chi connectivity index (χ4n) is 1.89. The highest BCUT2D eigenvalue weighted by Crippen LogP contribution is 2.04. The first-order valence-corrected chi connectivity index (χ1v) is 7.30. The molecule has 1 aromatic carbocycles. The molecule has 1 rings (SSSR count). The van der Waals surface area contributed by atoms with Gasteiger partial charge in [0.2, 0.25) is 11.8 Å². The van der Waals surface area contributed by atoms with Crippen molar-refractivity contribution >= 4 is 11.8 Å². The number of nitrogens with one attached hydrogen (secondary N) is 2. The Kier molecular flexibility index (Phi) is 6.88. The van der Waals surface area contributed by atoms with E-state index in [2.05, 4.69) is 10.6 Å². The fraction of sp³-hybridized carbons (Fsp3) is 0.500. The molecule has 2 amide bonds. The van der Waals surface area contributed by atoms with Crippen LogP contribution >= 0.6 is 0 Å². The molecule has 21 heavy (non-hydrogen) atoms. The van der Waals surface area contributed by atoms with Gasteiger partial charge in [-0.25, -0.2) is 0 Å². The van der Waals surface area contributed by atoms with Crippen molar-refractivity contribution in [3.63, 3.8) is 0 Å². The molecule has 5 nitrogen and oxygen atoms in total. The van der Waals surface area contributed by atoms with Gasteiger partial charge < -0.3 is 16.4 Å². The summed E-state index contributed by atoms with van der Waals surface area (Å²) in [5.41, 5.74) is 7.02. The maximum absolute atomic E-state index is 11.9. The number of rotatable bonds is 7. The molecule has 0 aliphatic carbocycles. The minimum atomic E-state index is -0.612. The third kappa shape index (κ3) is 6.40. The average Bonchev–Trinajstić information content (AvgIpc) is 2.44. The van der Waals surface area contributed by atoms with Crippen LogP contribution in [0.3, 0.4) is 0 Å². The molecule has 5 heteroatoms.